The van der Waals surface area contributed by atoms with E-state index >= 15 is 0 Å². The van der Waals surface area contributed by atoms with Crippen molar-refractivity contribution < 1.29 is 9.18 Å². The number of carbonyl (C=O) groups excluding carboxylic acids is 1. The predicted molar refractivity (Wildman–Crippen MR) is 89.7 cm³/mol. The minimum absolute atomic E-state index is 0.169. The van der Waals surface area contributed by atoms with E-state index in [2.05, 4.69) is 15.3 Å². The van der Waals surface area contributed by atoms with Crippen molar-refractivity contribution in [2.75, 3.05) is 5.32 Å². The molecule has 1 heterocycles. The summed E-state index contributed by atoms with van der Waals surface area (Å²) in [6.45, 7) is 0. The lowest BCUT2D eigenvalue weighted by Gasteiger charge is -2.06. The smallest absolute Gasteiger partial charge is 0.264 e. The van der Waals surface area contributed by atoms with E-state index in [9.17, 15) is 14.0 Å². The van der Waals surface area contributed by atoms with E-state index in [-0.39, 0.29) is 11.3 Å². The summed E-state index contributed by atoms with van der Waals surface area (Å²) in [7, 11) is 0. The van der Waals surface area contributed by atoms with Gasteiger partial charge in [0.15, 0.2) is 0 Å². The van der Waals surface area contributed by atoms with Crippen molar-refractivity contribution in [2.45, 2.75) is 0 Å². The van der Waals surface area contributed by atoms with Crippen LogP contribution in [-0.4, -0.2) is 15.9 Å². The molecule has 24 heavy (non-hydrogen) atoms. The van der Waals surface area contributed by atoms with Crippen LogP contribution in [0.15, 0.2) is 59.5 Å². The molecule has 0 atom stereocenters. The number of benzene rings is 2. The summed E-state index contributed by atoms with van der Waals surface area (Å²) >= 11 is 5.81. The van der Waals surface area contributed by atoms with Gasteiger partial charge in [-0.25, -0.2) is 9.37 Å². The molecule has 3 rings (SSSR count). The Morgan fingerprint density at radius 1 is 1.17 bits per heavy atom. The number of aromatic amines is 1. The van der Waals surface area contributed by atoms with Gasteiger partial charge in [0.05, 0.1) is 0 Å². The third-order valence-electron chi connectivity index (χ3n) is 3.24. The van der Waals surface area contributed by atoms with Crippen LogP contribution in [0.1, 0.15) is 10.4 Å². The number of nitrogens with zero attached hydrogens (tertiary/aromatic N) is 1. The van der Waals surface area contributed by atoms with Crippen molar-refractivity contribution in [1.82, 2.24) is 9.97 Å². The highest BCUT2D eigenvalue weighted by molar-refractivity contribution is 6.30. The highest BCUT2D eigenvalue weighted by atomic mass is 35.5. The van der Waals surface area contributed by atoms with Crippen LogP contribution in [0, 0.1) is 5.82 Å². The first kappa shape index (κ1) is 15.9. The molecule has 0 radical (unpaired) electrons. The summed E-state index contributed by atoms with van der Waals surface area (Å²) in [6, 6.07) is 12.1. The molecule has 3 aromatic rings. The molecule has 2 aromatic carbocycles. The molecular formula is C17H11ClFN3O2. The van der Waals surface area contributed by atoms with E-state index in [0.29, 0.717) is 16.4 Å². The van der Waals surface area contributed by atoms with E-state index in [1.54, 1.807) is 24.3 Å². The standard InChI is InChI=1S/C17H11ClFN3O2/c18-11-6-4-10(5-7-11)15-20-9-14(17(24)22-15)16(23)21-13-3-1-2-12(19)8-13/h1-9H,(H,21,23)(H,20,22,24). The Kier molecular flexibility index (Phi) is 4.39. The van der Waals surface area contributed by atoms with Gasteiger partial charge in [-0.1, -0.05) is 17.7 Å². The van der Waals surface area contributed by atoms with Crippen molar-refractivity contribution in [2.24, 2.45) is 0 Å². The number of aromatic nitrogens is 2. The predicted octanol–water partition coefficient (Wildman–Crippen LogP) is 3.48. The first-order valence-electron chi connectivity index (χ1n) is 6.95. The third-order valence-corrected chi connectivity index (χ3v) is 3.50. The van der Waals surface area contributed by atoms with Crippen LogP contribution in [0.25, 0.3) is 11.4 Å². The highest BCUT2D eigenvalue weighted by Gasteiger charge is 2.13. The van der Waals surface area contributed by atoms with Gasteiger partial charge in [-0.15, -0.1) is 0 Å². The number of rotatable bonds is 3. The van der Waals surface area contributed by atoms with Crippen LogP contribution in [-0.2, 0) is 0 Å². The summed E-state index contributed by atoms with van der Waals surface area (Å²) in [6.07, 6.45) is 1.18. The maximum absolute atomic E-state index is 13.1. The molecule has 0 spiro atoms. The van der Waals surface area contributed by atoms with E-state index in [4.69, 9.17) is 11.6 Å². The molecule has 2 N–H and O–H groups in total. The number of hydrogen-bond donors (Lipinski definition) is 2. The van der Waals surface area contributed by atoms with Crippen LogP contribution < -0.4 is 10.9 Å². The van der Waals surface area contributed by atoms with Crippen molar-refractivity contribution in [3.63, 3.8) is 0 Å². The molecule has 0 saturated heterocycles. The quantitative estimate of drug-likeness (QED) is 0.764. The number of hydrogen-bond acceptors (Lipinski definition) is 3. The monoisotopic (exact) mass is 343 g/mol. The molecule has 0 bridgehead atoms. The zero-order valence-corrected chi connectivity index (χ0v) is 13.0. The zero-order valence-electron chi connectivity index (χ0n) is 12.2. The summed E-state index contributed by atoms with van der Waals surface area (Å²) in [4.78, 5) is 30.9. The van der Waals surface area contributed by atoms with Crippen LogP contribution in [0.4, 0.5) is 10.1 Å². The second kappa shape index (κ2) is 6.64. The minimum Gasteiger partial charge on any atom is -0.322 e. The Balaban J connectivity index is 1.85. The van der Waals surface area contributed by atoms with E-state index < -0.39 is 17.3 Å². The molecule has 0 unspecified atom stereocenters. The Bertz CT molecular complexity index is 955. The van der Waals surface area contributed by atoms with Gasteiger partial charge >= 0.3 is 0 Å². The highest BCUT2D eigenvalue weighted by Crippen LogP contribution is 2.17. The first-order chi connectivity index (χ1) is 11.5. The van der Waals surface area contributed by atoms with E-state index in [0.717, 1.165) is 6.07 Å². The number of carbonyl (C=O) groups is 1. The lowest BCUT2D eigenvalue weighted by atomic mass is 10.2. The van der Waals surface area contributed by atoms with Gasteiger partial charge < -0.3 is 10.3 Å². The van der Waals surface area contributed by atoms with Gasteiger partial charge in [0.2, 0.25) is 0 Å². The number of nitrogens with one attached hydrogen (secondary N) is 2. The summed E-state index contributed by atoms with van der Waals surface area (Å²) < 4.78 is 13.1. The Labute approximate surface area is 141 Å². The van der Waals surface area contributed by atoms with E-state index in [1.807, 2.05) is 0 Å². The fourth-order valence-corrected chi connectivity index (χ4v) is 2.20. The first-order valence-corrected chi connectivity index (χ1v) is 7.33. The summed E-state index contributed by atoms with van der Waals surface area (Å²) in [5, 5.41) is 3.01. The molecule has 1 aromatic heterocycles. The molecule has 5 nitrogen and oxygen atoms in total. The summed E-state index contributed by atoms with van der Waals surface area (Å²) in [5.74, 6) is -0.839. The molecule has 0 aliphatic rings. The van der Waals surface area contributed by atoms with Gasteiger partial charge in [0.25, 0.3) is 11.5 Å². The minimum atomic E-state index is -0.669. The van der Waals surface area contributed by atoms with E-state index in [1.165, 1.54) is 24.4 Å². The lowest BCUT2D eigenvalue weighted by Crippen LogP contribution is -2.24. The van der Waals surface area contributed by atoms with Crippen LogP contribution >= 0.6 is 11.6 Å². The largest absolute Gasteiger partial charge is 0.322 e. The zero-order chi connectivity index (χ0) is 17.1. The Morgan fingerprint density at radius 2 is 1.92 bits per heavy atom. The average molecular weight is 344 g/mol. The van der Waals surface area contributed by atoms with Gasteiger partial charge in [-0.05, 0) is 42.5 Å². The lowest BCUT2D eigenvalue weighted by molar-refractivity contribution is 0.102. The molecular weight excluding hydrogens is 333 g/mol. The van der Waals surface area contributed by atoms with Gasteiger partial charge in [-0.2, -0.15) is 0 Å². The molecule has 1 amide bonds. The number of halogens is 2. The Morgan fingerprint density at radius 3 is 2.58 bits per heavy atom. The fraction of sp³-hybridized carbons (Fsp3) is 0. The Hall–Kier alpha value is -2.99. The van der Waals surface area contributed by atoms with Crippen molar-refractivity contribution in [1.29, 1.82) is 0 Å². The summed E-state index contributed by atoms with van der Waals surface area (Å²) in [5.41, 5.74) is 0.149. The van der Waals surface area contributed by atoms with Crippen LogP contribution in [0.2, 0.25) is 5.02 Å². The molecule has 0 saturated carbocycles. The fourth-order valence-electron chi connectivity index (χ4n) is 2.08. The topological polar surface area (TPSA) is 74.8 Å². The van der Waals surface area contributed by atoms with Crippen molar-refractivity contribution >= 4 is 23.2 Å². The number of amides is 1. The SMILES string of the molecule is O=C(Nc1cccc(F)c1)c1cnc(-c2ccc(Cl)cc2)[nH]c1=O. The van der Waals surface area contributed by atoms with Crippen molar-refractivity contribution in [3.05, 3.63) is 81.5 Å². The maximum atomic E-state index is 13.1. The third kappa shape index (κ3) is 3.49. The van der Waals surface area contributed by atoms with Gasteiger partial charge in [0, 0.05) is 22.5 Å². The van der Waals surface area contributed by atoms with Crippen LogP contribution in [0.3, 0.4) is 0 Å². The molecule has 0 aliphatic carbocycles. The molecule has 0 aliphatic heterocycles. The number of anilines is 1. The molecule has 7 heteroatoms. The second-order valence-corrected chi connectivity index (χ2v) is 5.38. The number of H-pyrrole nitrogens is 1. The second-order valence-electron chi connectivity index (χ2n) is 4.95. The van der Waals surface area contributed by atoms with Gasteiger partial charge in [-0.3, -0.25) is 9.59 Å². The van der Waals surface area contributed by atoms with Crippen molar-refractivity contribution in [3.8, 4) is 11.4 Å². The van der Waals surface area contributed by atoms with Crippen LogP contribution in [0.5, 0.6) is 0 Å². The average Bonchev–Trinajstić information content (AvgIpc) is 2.55. The maximum Gasteiger partial charge on any atom is 0.264 e. The molecule has 120 valence electrons. The molecule has 0 fully saturated rings. The normalized spacial score (nSPS) is 10.4. The van der Waals surface area contributed by atoms with Gasteiger partial charge in [0.1, 0.15) is 17.2 Å².